The lowest BCUT2D eigenvalue weighted by Crippen LogP contribution is -2.46. The largest absolute Gasteiger partial charge is 0.433 e. The number of hydrogen-bond acceptors (Lipinski definition) is 3. The van der Waals surface area contributed by atoms with E-state index in [9.17, 15) is 13.2 Å². The predicted molar refractivity (Wildman–Crippen MR) is 114 cm³/mol. The summed E-state index contributed by atoms with van der Waals surface area (Å²) in [5, 5.41) is 0. The van der Waals surface area contributed by atoms with Crippen molar-refractivity contribution in [2.24, 2.45) is 0 Å². The summed E-state index contributed by atoms with van der Waals surface area (Å²) in [5.41, 5.74) is 1.48. The van der Waals surface area contributed by atoms with Crippen LogP contribution in [0, 0.1) is 6.92 Å². The predicted octanol–water partition coefficient (Wildman–Crippen LogP) is 6.58. The molecule has 2 fully saturated rings. The third-order valence-corrected chi connectivity index (χ3v) is 7.15. The van der Waals surface area contributed by atoms with E-state index in [0.717, 1.165) is 69.2 Å². The summed E-state index contributed by atoms with van der Waals surface area (Å²) in [6.07, 6.45) is 9.32. The van der Waals surface area contributed by atoms with Crippen LogP contribution in [0.2, 0.25) is 0 Å². The Kier molecular flexibility index (Phi) is 6.38. The van der Waals surface area contributed by atoms with Crippen LogP contribution < -0.4 is 0 Å². The molecule has 31 heavy (non-hydrogen) atoms. The minimum atomic E-state index is -4.39. The van der Waals surface area contributed by atoms with Crippen molar-refractivity contribution in [1.29, 1.82) is 0 Å². The van der Waals surface area contributed by atoms with Crippen molar-refractivity contribution in [3.63, 3.8) is 0 Å². The van der Waals surface area contributed by atoms with Crippen LogP contribution in [-0.4, -0.2) is 22.2 Å². The fraction of sp³-hybridized carbons (Fsp3) is 0.600. The number of alkyl halides is 3. The van der Waals surface area contributed by atoms with Crippen LogP contribution in [0.1, 0.15) is 80.3 Å². The van der Waals surface area contributed by atoms with Crippen molar-refractivity contribution in [2.45, 2.75) is 88.3 Å². The van der Waals surface area contributed by atoms with Crippen LogP contribution in [0.3, 0.4) is 0 Å². The Morgan fingerprint density at radius 3 is 2.55 bits per heavy atom. The van der Waals surface area contributed by atoms with Gasteiger partial charge in [0.2, 0.25) is 0 Å². The quantitative estimate of drug-likeness (QED) is 0.484. The van der Waals surface area contributed by atoms with Crippen LogP contribution in [0.25, 0.3) is 0 Å². The molecule has 168 valence electrons. The zero-order valence-corrected chi connectivity index (χ0v) is 18.2. The topological polar surface area (TPSA) is 35.0 Å². The van der Waals surface area contributed by atoms with Gasteiger partial charge in [-0.1, -0.05) is 31.4 Å². The summed E-state index contributed by atoms with van der Waals surface area (Å²) < 4.78 is 45.1. The molecule has 0 N–H and O–H groups in total. The van der Waals surface area contributed by atoms with Gasteiger partial charge < -0.3 is 4.74 Å². The Bertz CT molecular complexity index is 878. The summed E-state index contributed by atoms with van der Waals surface area (Å²) in [6, 6.07) is 7.81. The highest BCUT2D eigenvalue weighted by molar-refractivity contribution is 5.26. The summed E-state index contributed by atoms with van der Waals surface area (Å²) >= 11 is 0. The minimum absolute atomic E-state index is 0.00420. The van der Waals surface area contributed by atoms with Crippen LogP contribution in [0.15, 0.2) is 36.7 Å². The van der Waals surface area contributed by atoms with E-state index >= 15 is 0 Å². The maximum absolute atomic E-state index is 12.9. The number of rotatable bonds is 6. The van der Waals surface area contributed by atoms with E-state index in [1.54, 1.807) is 6.07 Å². The molecule has 1 saturated carbocycles. The molecule has 1 aliphatic carbocycles. The van der Waals surface area contributed by atoms with E-state index in [1.807, 2.05) is 12.3 Å². The van der Waals surface area contributed by atoms with Gasteiger partial charge in [0.25, 0.3) is 0 Å². The number of nitrogens with zero attached hydrogens (tertiary/aromatic N) is 2. The van der Waals surface area contributed by atoms with Gasteiger partial charge in [0.05, 0.1) is 5.60 Å². The first-order valence-corrected chi connectivity index (χ1v) is 11.4. The van der Waals surface area contributed by atoms with Gasteiger partial charge in [-0.05, 0) is 75.1 Å². The van der Waals surface area contributed by atoms with Gasteiger partial charge in [0.15, 0.2) is 0 Å². The average molecular weight is 433 g/mol. The minimum Gasteiger partial charge on any atom is -0.375 e. The standard InChI is InChI=1S/C25H31F3N2O/c1-19-16-20(17-30-22(19)25(26,27)28)8-2-4-10-23(21-9-3-7-14-29-21)13-15-31-24(18-23)11-5-6-12-24/h3,7,9,14,16-17H,2,4-6,8,10-13,15,18H2,1H3. The molecule has 2 aromatic rings. The second-order valence-corrected chi connectivity index (χ2v) is 9.37. The van der Waals surface area contributed by atoms with Crippen molar-refractivity contribution < 1.29 is 17.9 Å². The van der Waals surface area contributed by atoms with E-state index in [1.165, 1.54) is 26.0 Å². The Morgan fingerprint density at radius 2 is 1.87 bits per heavy atom. The van der Waals surface area contributed by atoms with Crippen molar-refractivity contribution in [3.8, 4) is 0 Å². The third-order valence-electron chi connectivity index (χ3n) is 7.15. The molecule has 3 nitrogen and oxygen atoms in total. The zero-order valence-electron chi connectivity index (χ0n) is 18.2. The molecular weight excluding hydrogens is 401 g/mol. The molecule has 0 radical (unpaired) electrons. The molecule has 1 spiro atoms. The van der Waals surface area contributed by atoms with Gasteiger partial charge in [-0.15, -0.1) is 0 Å². The van der Waals surface area contributed by atoms with Gasteiger partial charge in [-0.3, -0.25) is 9.97 Å². The molecule has 4 rings (SSSR count). The monoisotopic (exact) mass is 432 g/mol. The van der Waals surface area contributed by atoms with E-state index in [-0.39, 0.29) is 16.6 Å². The first-order valence-electron chi connectivity index (χ1n) is 11.4. The Balaban J connectivity index is 1.42. The maximum atomic E-state index is 12.9. The lowest BCUT2D eigenvalue weighted by molar-refractivity contribution is -0.141. The van der Waals surface area contributed by atoms with Gasteiger partial charge in [0, 0.05) is 30.1 Å². The molecule has 1 atom stereocenters. The fourth-order valence-corrected chi connectivity index (χ4v) is 5.66. The van der Waals surface area contributed by atoms with Crippen molar-refractivity contribution in [2.75, 3.05) is 6.61 Å². The van der Waals surface area contributed by atoms with Crippen molar-refractivity contribution in [1.82, 2.24) is 9.97 Å². The Morgan fingerprint density at radius 1 is 1.06 bits per heavy atom. The SMILES string of the molecule is Cc1cc(CCCCC2(c3ccccn3)CCOC3(CCCC3)C2)cnc1C(F)(F)F. The highest BCUT2D eigenvalue weighted by Gasteiger charge is 2.48. The summed E-state index contributed by atoms with van der Waals surface area (Å²) in [5.74, 6) is 0. The normalized spacial score (nSPS) is 23.4. The van der Waals surface area contributed by atoms with E-state index in [2.05, 4.69) is 17.1 Å². The number of aromatic nitrogens is 2. The van der Waals surface area contributed by atoms with Crippen LogP contribution in [-0.2, 0) is 22.7 Å². The molecule has 2 aromatic heterocycles. The molecule has 6 heteroatoms. The van der Waals surface area contributed by atoms with E-state index in [4.69, 9.17) is 9.72 Å². The molecule has 1 unspecified atom stereocenters. The van der Waals surface area contributed by atoms with Crippen LogP contribution in [0.4, 0.5) is 13.2 Å². The second-order valence-electron chi connectivity index (χ2n) is 9.37. The fourth-order valence-electron chi connectivity index (χ4n) is 5.66. The van der Waals surface area contributed by atoms with E-state index < -0.39 is 11.9 Å². The number of pyridine rings is 2. The second kappa shape index (κ2) is 8.89. The van der Waals surface area contributed by atoms with Crippen molar-refractivity contribution in [3.05, 3.63) is 59.2 Å². The molecule has 0 aromatic carbocycles. The summed E-state index contributed by atoms with van der Waals surface area (Å²) in [4.78, 5) is 8.41. The highest BCUT2D eigenvalue weighted by Crippen LogP contribution is 2.50. The zero-order chi connectivity index (χ0) is 22.0. The number of aryl methyl sites for hydroxylation is 2. The first kappa shape index (κ1) is 22.3. The molecule has 0 bridgehead atoms. The van der Waals surface area contributed by atoms with Crippen molar-refractivity contribution >= 4 is 0 Å². The van der Waals surface area contributed by atoms with Gasteiger partial charge in [0.1, 0.15) is 5.69 Å². The average Bonchev–Trinajstić information content (AvgIpc) is 3.18. The molecular formula is C25H31F3N2O. The van der Waals surface area contributed by atoms with E-state index in [0.29, 0.717) is 0 Å². The van der Waals surface area contributed by atoms with Gasteiger partial charge in [-0.25, -0.2) is 0 Å². The summed E-state index contributed by atoms with van der Waals surface area (Å²) in [6.45, 7) is 2.26. The van der Waals surface area contributed by atoms with Gasteiger partial charge in [-0.2, -0.15) is 13.2 Å². The number of halogens is 3. The molecule has 0 amide bonds. The molecule has 2 aliphatic rings. The molecule has 1 aliphatic heterocycles. The lowest BCUT2D eigenvalue weighted by Gasteiger charge is -2.46. The maximum Gasteiger partial charge on any atom is 0.433 e. The summed E-state index contributed by atoms with van der Waals surface area (Å²) in [7, 11) is 0. The lowest BCUT2D eigenvalue weighted by atomic mass is 9.67. The van der Waals surface area contributed by atoms with Crippen LogP contribution >= 0.6 is 0 Å². The highest BCUT2D eigenvalue weighted by atomic mass is 19.4. The first-order chi connectivity index (χ1) is 14.8. The number of hydrogen-bond donors (Lipinski definition) is 0. The Labute approximate surface area is 182 Å². The third kappa shape index (κ3) is 4.94. The van der Waals surface area contributed by atoms with Crippen LogP contribution in [0.5, 0.6) is 0 Å². The molecule has 1 saturated heterocycles. The smallest absolute Gasteiger partial charge is 0.375 e. The van der Waals surface area contributed by atoms with Gasteiger partial charge >= 0.3 is 6.18 Å². The number of ether oxygens (including phenoxy) is 1. The molecule has 3 heterocycles. The number of unbranched alkanes of at least 4 members (excludes halogenated alkanes) is 1. The Hall–Kier alpha value is -1.95.